The number of nitrogens with one attached hydrogen (secondary N) is 2. The molecule has 2 unspecified atom stereocenters. The topological polar surface area (TPSA) is 55.4 Å². The van der Waals surface area contributed by atoms with Gasteiger partial charge in [-0.05, 0) is 38.9 Å². The van der Waals surface area contributed by atoms with Crippen LogP contribution in [0, 0.1) is 0 Å². The summed E-state index contributed by atoms with van der Waals surface area (Å²) in [5.41, 5.74) is 1.17. The average Bonchev–Trinajstić information content (AvgIpc) is 3.25. The molecule has 1 aromatic rings. The van der Waals surface area contributed by atoms with Crippen molar-refractivity contribution in [1.82, 2.24) is 20.4 Å². The van der Waals surface area contributed by atoms with Crippen LogP contribution < -0.4 is 20.3 Å². The van der Waals surface area contributed by atoms with Crippen molar-refractivity contribution in [3.63, 3.8) is 0 Å². The second-order valence-corrected chi connectivity index (χ2v) is 8.29. The number of methoxy groups -OCH3 is 1. The molecule has 0 amide bonds. The van der Waals surface area contributed by atoms with E-state index in [-0.39, 0.29) is 24.0 Å². The standard InChI is InChI=1S/C23H40N6O.HI/c1-5-24-23(25-17-19(3)28-15-13-27(6-2)14-16-28)26-20-11-12-29(18-20)21-9-7-8-10-22(21)30-4;/h7-10,19-20H,5-6,11-18H2,1-4H3,(H2,24,25,26);1H. The van der Waals surface area contributed by atoms with Gasteiger partial charge in [0.15, 0.2) is 5.96 Å². The number of guanidine groups is 1. The van der Waals surface area contributed by atoms with Crippen molar-refractivity contribution >= 4 is 35.6 Å². The maximum absolute atomic E-state index is 5.54. The Morgan fingerprint density at radius 3 is 2.58 bits per heavy atom. The lowest BCUT2D eigenvalue weighted by Gasteiger charge is -2.37. The minimum absolute atomic E-state index is 0. The number of aliphatic imine (C=N–C) groups is 1. The van der Waals surface area contributed by atoms with E-state index in [1.807, 2.05) is 12.1 Å². The second kappa shape index (κ2) is 13.3. The summed E-state index contributed by atoms with van der Waals surface area (Å²) in [7, 11) is 1.74. The molecule has 2 N–H and O–H groups in total. The summed E-state index contributed by atoms with van der Waals surface area (Å²) in [6, 6.07) is 9.12. The first-order valence-electron chi connectivity index (χ1n) is 11.5. The maximum Gasteiger partial charge on any atom is 0.191 e. The lowest BCUT2D eigenvalue weighted by atomic mass is 10.2. The number of hydrogen-bond donors (Lipinski definition) is 2. The molecule has 2 saturated heterocycles. The highest BCUT2D eigenvalue weighted by Crippen LogP contribution is 2.30. The Morgan fingerprint density at radius 2 is 1.90 bits per heavy atom. The van der Waals surface area contributed by atoms with Crippen molar-refractivity contribution in [2.75, 3.05) is 70.9 Å². The summed E-state index contributed by atoms with van der Waals surface area (Å²) >= 11 is 0. The van der Waals surface area contributed by atoms with Crippen LogP contribution in [0.1, 0.15) is 27.2 Å². The van der Waals surface area contributed by atoms with E-state index in [1.165, 1.54) is 18.8 Å². The molecule has 1 aromatic carbocycles. The van der Waals surface area contributed by atoms with Crippen LogP contribution in [0.25, 0.3) is 0 Å². The molecule has 31 heavy (non-hydrogen) atoms. The highest BCUT2D eigenvalue weighted by Gasteiger charge is 2.25. The van der Waals surface area contributed by atoms with Gasteiger partial charge in [-0.25, -0.2) is 0 Å². The Bertz CT molecular complexity index is 680. The molecule has 0 bridgehead atoms. The molecule has 0 saturated carbocycles. The number of ether oxygens (including phenoxy) is 1. The van der Waals surface area contributed by atoms with Gasteiger partial charge in [0, 0.05) is 57.9 Å². The van der Waals surface area contributed by atoms with Crippen LogP contribution in [-0.4, -0.2) is 93.9 Å². The van der Waals surface area contributed by atoms with Gasteiger partial charge in [-0.2, -0.15) is 0 Å². The van der Waals surface area contributed by atoms with E-state index in [0.717, 1.165) is 63.9 Å². The van der Waals surface area contributed by atoms with E-state index < -0.39 is 0 Å². The van der Waals surface area contributed by atoms with Crippen LogP contribution in [0.15, 0.2) is 29.3 Å². The van der Waals surface area contributed by atoms with Gasteiger partial charge in [0.1, 0.15) is 5.75 Å². The number of halogens is 1. The van der Waals surface area contributed by atoms with Crippen LogP contribution in [0.4, 0.5) is 5.69 Å². The number of anilines is 1. The van der Waals surface area contributed by atoms with Crippen molar-refractivity contribution < 1.29 is 4.74 Å². The quantitative estimate of drug-likeness (QED) is 0.298. The van der Waals surface area contributed by atoms with E-state index >= 15 is 0 Å². The second-order valence-electron chi connectivity index (χ2n) is 8.29. The third-order valence-corrected chi connectivity index (χ3v) is 6.29. The van der Waals surface area contributed by atoms with E-state index in [1.54, 1.807) is 7.11 Å². The summed E-state index contributed by atoms with van der Waals surface area (Å²) in [6.07, 6.45) is 1.09. The van der Waals surface area contributed by atoms with E-state index in [4.69, 9.17) is 9.73 Å². The van der Waals surface area contributed by atoms with Crippen molar-refractivity contribution in [2.24, 2.45) is 4.99 Å². The number of piperazine rings is 1. The highest BCUT2D eigenvalue weighted by molar-refractivity contribution is 14.0. The zero-order chi connectivity index (χ0) is 21.3. The Kier molecular flexibility index (Phi) is 11.2. The first-order chi connectivity index (χ1) is 14.6. The number of nitrogens with zero attached hydrogens (tertiary/aromatic N) is 4. The van der Waals surface area contributed by atoms with Gasteiger partial charge in [-0.3, -0.25) is 9.89 Å². The number of likely N-dealkylation sites (N-methyl/N-ethyl adjacent to an activating group) is 1. The van der Waals surface area contributed by atoms with Gasteiger partial charge in [0.05, 0.1) is 19.3 Å². The Morgan fingerprint density at radius 1 is 1.16 bits per heavy atom. The fraction of sp³-hybridized carbons (Fsp3) is 0.696. The molecule has 8 heteroatoms. The zero-order valence-electron chi connectivity index (χ0n) is 19.6. The Labute approximate surface area is 205 Å². The Hall–Kier alpha value is -1.26. The molecule has 0 radical (unpaired) electrons. The fourth-order valence-electron chi connectivity index (χ4n) is 4.36. The lowest BCUT2D eigenvalue weighted by Crippen LogP contribution is -2.50. The number of rotatable bonds is 8. The smallest absolute Gasteiger partial charge is 0.191 e. The predicted octanol–water partition coefficient (Wildman–Crippen LogP) is 2.47. The van der Waals surface area contributed by atoms with Crippen molar-refractivity contribution in [2.45, 2.75) is 39.3 Å². The van der Waals surface area contributed by atoms with Gasteiger partial charge in [0.2, 0.25) is 0 Å². The van der Waals surface area contributed by atoms with Crippen molar-refractivity contribution in [3.8, 4) is 5.75 Å². The third kappa shape index (κ3) is 7.39. The predicted molar refractivity (Wildman–Crippen MR) is 141 cm³/mol. The molecule has 2 heterocycles. The molecule has 0 aromatic heterocycles. The molecule has 3 rings (SSSR count). The normalized spacial score (nSPS) is 21.5. The summed E-state index contributed by atoms with van der Waals surface area (Å²) < 4.78 is 5.54. The zero-order valence-corrected chi connectivity index (χ0v) is 22.0. The van der Waals surface area contributed by atoms with Crippen LogP contribution >= 0.6 is 24.0 Å². The summed E-state index contributed by atoms with van der Waals surface area (Å²) in [4.78, 5) is 12.4. The van der Waals surface area contributed by atoms with Crippen molar-refractivity contribution in [3.05, 3.63) is 24.3 Å². The van der Waals surface area contributed by atoms with Crippen LogP contribution in [0.2, 0.25) is 0 Å². The largest absolute Gasteiger partial charge is 0.495 e. The fourth-order valence-corrected chi connectivity index (χ4v) is 4.36. The minimum atomic E-state index is 0. The van der Waals surface area contributed by atoms with Crippen LogP contribution in [0.3, 0.4) is 0 Å². The monoisotopic (exact) mass is 544 g/mol. The molecule has 7 nitrogen and oxygen atoms in total. The molecule has 2 fully saturated rings. The van der Waals surface area contributed by atoms with Gasteiger partial charge in [0.25, 0.3) is 0 Å². The number of hydrogen-bond acceptors (Lipinski definition) is 5. The highest BCUT2D eigenvalue weighted by atomic mass is 127. The summed E-state index contributed by atoms with van der Waals surface area (Å²) in [5, 5.41) is 7.09. The van der Waals surface area contributed by atoms with Gasteiger partial charge < -0.3 is 25.2 Å². The molecule has 176 valence electrons. The summed E-state index contributed by atoms with van der Waals surface area (Å²) in [5.74, 6) is 1.87. The first-order valence-corrected chi connectivity index (χ1v) is 11.5. The molecular formula is C23H41IN6O. The number of benzene rings is 1. The van der Waals surface area contributed by atoms with Crippen molar-refractivity contribution in [1.29, 1.82) is 0 Å². The van der Waals surface area contributed by atoms with E-state index in [9.17, 15) is 0 Å². The lowest BCUT2D eigenvalue weighted by molar-refractivity contribution is 0.109. The molecule has 0 aliphatic carbocycles. The third-order valence-electron chi connectivity index (χ3n) is 6.29. The van der Waals surface area contributed by atoms with Gasteiger partial charge in [-0.1, -0.05) is 19.1 Å². The molecule has 2 aliphatic heterocycles. The summed E-state index contributed by atoms with van der Waals surface area (Å²) in [6.45, 7) is 16.1. The molecular weight excluding hydrogens is 503 g/mol. The van der Waals surface area contributed by atoms with E-state index in [2.05, 4.69) is 58.2 Å². The maximum atomic E-state index is 5.54. The first kappa shape index (κ1) is 26.0. The van der Waals surface area contributed by atoms with Gasteiger partial charge in [-0.15, -0.1) is 24.0 Å². The van der Waals surface area contributed by atoms with Crippen LogP contribution in [0.5, 0.6) is 5.75 Å². The minimum Gasteiger partial charge on any atom is -0.495 e. The Balaban J connectivity index is 0.00000341. The SMILES string of the molecule is CCNC(=NCC(C)N1CCN(CC)CC1)NC1CCN(c2ccccc2OC)C1.I. The van der Waals surface area contributed by atoms with Crippen LogP contribution in [-0.2, 0) is 0 Å². The molecule has 2 atom stereocenters. The molecule has 0 spiro atoms. The van der Waals surface area contributed by atoms with E-state index in [0.29, 0.717) is 12.1 Å². The van der Waals surface area contributed by atoms with Gasteiger partial charge >= 0.3 is 0 Å². The molecule has 2 aliphatic rings. The number of para-hydroxylation sites is 2. The average molecular weight is 545 g/mol.